The van der Waals surface area contributed by atoms with E-state index in [1.165, 1.54) is 0 Å². The van der Waals surface area contributed by atoms with Gasteiger partial charge in [-0.15, -0.1) is 0 Å². The summed E-state index contributed by atoms with van der Waals surface area (Å²) in [5.41, 5.74) is 0. The fraction of sp³-hybridized carbons (Fsp3) is 1.00. The van der Waals surface area contributed by atoms with Crippen molar-refractivity contribution in [3.8, 4) is 0 Å². The predicted molar refractivity (Wildman–Crippen MR) is 18.4 cm³/mol. The van der Waals surface area contributed by atoms with Crippen molar-refractivity contribution in [1.29, 1.82) is 0 Å². The van der Waals surface area contributed by atoms with Gasteiger partial charge in [-0.05, 0) is 0 Å². The number of hydrogen-bond donors (Lipinski definition) is 0. The van der Waals surface area contributed by atoms with Crippen LogP contribution in [0.25, 0.3) is 0 Å². The zero-order valence-electron chi connectivity index (χ0n) is 3.34. The number of halogens is 5. The second kappa shape index (κ2) is 0.690. The normalized spacial score (nSPS) is 23.1. The first kappa shape index (κ1) is 7.08. The zero-order valence-corrected chi connectivity index (χ0v) is 4.23. The van der Waals surface area contributed by atoms with Crippen LogP contribution in [-0.2, 0) is 0 Å². The molecule has 0 radical (unpaired) electrons. The van der Waals surface area contributed by atoms with Crippen molar-refractivity contribution in [1.82, 2.24) is 0 Å². The van der Waals surface area contributed by atoms with Crippen molar-refractivity contribution in [3.05, 3.63) is 0 Å². The Hall–Kier alpha value is 0.0800. The zero-order chi connectivity index (χ0) is 6.41. The van der Waals surface area contributed by atoms with Crippen LogP contribution >= 0.6 is 7.50 Å². The van der Waals surface area contributed by atoms with E-state index in [0.717, 1.165) is 0 Å². The van der Waals surface area contributed by atoms with Crippen molar-refractivity contribution < 1.29 is 21.0 Å². The fourth-order valence-electron chi connectivity index (χ4n) is 0. The molecule has 0 rings (SSSR count). The van der Waals surface area contributed by atoms with Crippen LogP contribution < -0.4 is 0 Å². The van der Waals surface area contributed by atoms with E-state index in [4.69, 9.17) is 0 Å². The van der Waals surface area contributed by atoms with Gasteiger partial charge in [0.15, 0.2) is 0 Å². The van der Waals surface area contributed by atoms with E-state index in [1.807, 2.05) is 0 Å². The number of hydrogen-bond acceptors (Lipinski definition) is 0. The Morgan fingerprint density at radius 3 is 0.857 bits per heavy atom. The topological polar surface area (TPSA) is 0 Å². The molecule has 0 saturated carbocycles. The van der Waals surface area contributed by atoms with Gasteiger partial charge in [0.25, 0.3) is 0 Å². The first-order valence-electron chi connectivity index (χ1n) is 1.29. The van der Waals surface area contributed by atoms with E-state index in [-0.39, 0.29) is 0 Å². The second-order valence-corrected chi connectivity index (χ2v) is 4.45. The summed E-state index contributed by atoms with van der Waals surface area (Å²) in [5, 5.41) is 0. The Labute approximate surface area is 36.4 Å². The van der Waals surface area contributed by atoms with Crippen LogP contribution in [0.15, 0.2) is 0 Å². The summed E-state index contributed by atoms with van der Waals surface area (Å²) < 4.78 is 52.7. The van der Waals surface area contributed by atoms with Crippen LogP contribution in [-0.4, -0.2) is 6.66 Å². The second-order valence-electron chi connectivity index (χ2n) is 1.48. The third kappa shape index (κ3) is 15800. The molecule has 48 valence electrons. The van der Waals surface area contributed by atoms with Gasteiger partial charge in [0.2, 0.25) is 0 Å². The molecule has 0 aromatic heterocycles. The van der Waals surface area contributed by atoms with Crippen molar-refractivity contribution in [2.75, 3.05) is 6.66 Å². The molecule has 0 N–H and O–H groups in total. The van der Waals surface area contributed by atoms with Crippen molar-refractivity contribution >= 4 is 7.50 Å². The fourth-order valence-corrected chi connectivity index (χ4v) is 0. The number of rotatable bonds is 0. The van der Waals surface area contributed by atoms with Crippen molar-refractivity contribution in [2.45, 2.75) is 0 Å². The summed E-state index contributed by atoms with van der Waals surface area (Å²) in [6, 6.07) is 0. The Balaban J connectivity index is 4.43. The van der Waals surface area contributed by atoms with E-state index in [9.17, 15) is 21.0 Å². The molecule has 0 aliphatic rings. The molecule has 0 aromatic rings. The summed E-state index contributed by atoms with van der Waals surface area (Å²) >= 11 is 0. The van der Waals surface area contributed by atoms with Crippen molar-refractivity contribution in [3.63, 3.8) is 0 Å². The Morgan fingerprint density at radius 2 is 0.857 bits per heavy atom. The molecular formula is CH3F5P-. The third-order valence-corrected chi connectivity index (χ3v) is 0. The van der Waals surface area contributed by atoms with Gasteiger partial charge in [-0.2, -0.15) is 0 Å². The molecule has 0 heterocycles. The van der Waals surface area contributed by atoms with Gasteiger partial charge < -0.3 is 0 Å². The third-order valence-electron chi connectivity index (χ3n) is 0. The van der Waals surface area contributed by atoms with Gasteiger partial charge in [0, 0.05) is 0 Å². The van der Waals surface area contributed by atoms with Crippen LogP contribution in [0.4, 0.5) is 21.0 Å². The molecular weight excluding hydrogens is 138 g/mol. The van der Waals surface area contributed by atoms with E-state index in [2.05, 4.69) is 0 Å². The van der Waals surface area contributed by atoms with Crippen LogP contribution in [0.3, 0.4) is 0 Å². The van der Waals surface area contributed by atoms with Crippen molar-refractivity contribution in [2.24, 2.45) is 0 Å². The van der Waals surface area contributed by atoms with Gasteiger partial charge >= 0.3 is 35.1 Å². The van der Waals surface area contributed by atoms with Crippen LogP contribution in [0.5, 0.6) is 0 Å². The molecule has 0 spiro atoms. The molecule has 0 saturated heterocycles. The molecule has 0 unspecified atom stereocenters. The van der Waals surface area contributed by atoms with E-state index >= 15 is 0 Å². The molecule has 0 atom stereocenters. The van der Waals surface area contributed by atoms with E-state index < -0.39 is 14.2 Å². The minimum atomic E-state index is -9.16. The molecule has 0 aliphatic carbocycles. The Morgan fingerprint density at radius 1 is 0.857 bits per heavy atom. The average molecular weight is 141 g/mol. The molecule has 0 bridgehead atoms. The van der Waals surface area contributed by atoms with Gasteiger partial charge in [0.05, 0.1) is 0 Å². The van der Waals surface area contributed by atoms with Gasteiger partial charge in [-0.3, -0.25) is 0 Å². The van der Waals surface area contributed by atoms with E-state index in [0.29, 0.717) is 0 Å². The molecule has 0 aliphatic heterocycles. The molecule has 7 heavy (non-hydrogen) atoms. The summed E-state index contributed by atoms with van der Waals surface area (Å²) in [7, 11) is -9.16. The summed E-state index contributed by atoms with van der Waals surface area (Å²) in [4.78, 5) is 0. The molecule has 0 fully saturated rings. The van der Waals surface area contributed by atoms with Crippen LogP contribution in [0, 0.1) is 0 Å². The standard InChI is InChI=1S/CH3F5P/c1-7(2,3,4,5)6/h1H3/q-1. The minimum absolute atomic E-state index is 0.968. The quantitative estimate of drug-likeness (QED) is 0.359. The Bertz CT molecular complexity index is 66.6. The maximum absolute atomic E-state index is 10.5. The molecule has 0 amide bonds. The SMILES string of the molecule is C[P-](F)(F)(F)(F)F. The molecule has 6 heteroatoms. The van der Waals surface area contributed by atoms with Crippen LogP contribution in [0.1, 0.15) is 0 Å². The summed E-state index contributed by atoms with van der Waals surface area (Å²) in [6.45, 7) is -0.968. The molecule has 0 aromatic carbocycles. The summed E-state index contributed by atoms with van der Waals surface area (Å²) in [5.74, 6) is 0. The first-order chi connectivity index (χ1) is 2.45. The average Bonchev–Trinajstić information content (AvgIpc) is 0.592. The Kier molecular flexibility index (Phi) is 0.698. The maximum atomic E-state index is 10.5. The monoisotopic (exact) mass is 141 g/mol. The van der Waals surface area contributed by atoms with Gasteiger partial charge in [0.1, 0.15) is 0 Å². The summed E-state index contributed by atoms with van der Waals surface area (Å²) in [6.07, 6.45) is 0. The van der Waals surface area contributed by atoms with Gasteiger partial charge in [-0.25, -0.2) is 0 Å². The van der Waals surface area contributed by atoms with Crippen LogP contribution in [0.2, 0.25) is 0 Å². The van der Waals surface area contributed by atoms with Gasteiger partial charge in [-0.1, -0.05) is 0 Å². The predicted octanol–water partition coefficient (Wildman–Crippen LogP) is 3.13. The van der Waals surface area contributed by atoms with E-state index in [1.54, 1.807) is 0 Å². The first-order valence-corrected chi connectivity index (χ1v) is 3.88. The molecule has 0 nitrogen and oxygen atoms in total.